The van der Waals surface area contributed by atoms with Gasteiger partial charge in [-0.1, -0.05) is 39.5 Å². The molecule has 6 heteroatoms. The van der Waals surface area contributed by atoms with Crippen LogP contribution in [-0.2, 0) is 0 Å². The van der Waals surface area contributed by atoms with E-state index >= 15 is 0 Å². The Balaban J connectivity index is 2.11. The Morgan fingerprint density at radius 2 is 1.90 bits per heavy atom. The number of hydrogen-bond acceptors (Lipinski definition) is 6. The van der Waals surface area contributed by atoms with Crippen molar-refractivity contribution >= 4 is 23.7 Å². The molecule has 1 aromatic heterocycles. The molecule has 0 aromatic carbocycles. The number of nitrogens with zero attached hydrogens (tertiary/aromatic N) is 3. The highest BCUT2D eigenvalue weighted by atomic mass is 32.2. The Kier molecular flexibility index (Phi) is 5.30. The average molecular weight is 309 g/mol. The van der Waals surface area contributed by atoms with Crippen LogP contribution in [0.25, 0.3) is 0 Å². The molecule has 21 heavy (non-hydrogen) atoms. The summed E-state index contributed by atoms with van der Waals surface area (Å²) in [7, 11) is 0. The molecule has 0 bridgehead atoms. The molecule has 0 radical (unpaired) electrons. The van der Waals surface area contributed by atoms with E-state index < -0.39 is 0 Å². The molecule has 118 valence electrons. The number of nitrogens with one attached hydrogen (secondary N) is 2. The standard InChI is InChI=1S/C15H27N5S/c1-6-7-16-12-18-13(20-14(19-12)21-5)17-11-9-15(3,4)8-10(11)2/h10-11H,6-9H2,1-5H3,(H2,16,17,18,19,20). The Labute approximate surface area is 132 Å². The van der Waals surface area contributed by atoms with Crippen LogP contribution in [0.15, 0.2) is 5.16 Å². The SMILES string of the molecule is CCCNc1nc(NC2CC(C)(C)CC2C)nc(SC)n1. The molecular formula is C15H27N5S. The first-order valence-electron chi connectivity index (χ1n) is 7.74. The fraction of sp³-hybridized carbons (Fsp3) is 0.800. The molecule has 0 spiro atoms. The molecule has 0 amide bonds. The number of hydrogen-bond donors (Lipinski definition) is 2. The summed E-state index contributed by atoms with van der Waals surface area (Å²) in [6.45, 7) is 9.98. The third-order valence-electron chi connectivity index (χ3n) is 3.98. The Morgan fingerprint density at radius 1 is 1.19 bits per heavy atom. The van der Waals surface area contributed by atoms with Gasteiger partial charge in [0.05, 0.1) is 0 Å². The van der Waals surface area contributed by atoms with Crippen LogP contribution in [0.1, 0.15) is 47.0 Å². The lowest BCUT2D eigenvalue weighted by Gasteiger charge is -2.19. The molecule has 0 aliphatic heterocycles. The van der Waals surface area contributed by atoms with E-state index in [0.717, 1.165) is 24.5 Å². The Hall–Kier alpha value is -1.04. The molecule has 1 saturated carbocycles. The maximum absolute atomic E-state index is 4.51. The van der Waals surface area contributed by atoms with Gasteiger partial charge >= 0.3 is 0 Å². The number of thioether (sulfide) groups is 1. The van der Waals surface area contributed by atoms with E-state index in [1.807, 2.05) is 6.26 Å². The number of anilines is 2. The lowest BCUT2D eigenvalue weighted by atomic mass is 9.91. The van der Waals surface area contributed by atoms with E-state index in [1.54, 1.807) is 11.8 Å². The summed E-state index contributed by atoms with van der Waals surface area (Å²) in [5.74, 6) is 2.01. The van der Waals surface area contributed by atoms with Gasteiger partial charge in [0.25, 0.3) is 0 Å². The van der Waals surface area contributed by atoms with Crippen LogP contribution in [0.2, 0.25) is 0 Å². The smallest absolute Gasteiger partial charge is 0.228 e. The van der Waals surface area contributed by atoms with Crippen molar-refractivity contribution in [1.82, 2.24) is 15.0 Å². The molecule has 1 fully saturated rings. The van der Waals surface area contributed by atoms with Crippen molar-refractivity contribution in [2.45, 2.75) is 58.2 Å². The molecule has 2 N–H and O–H groups in total. The van der Waals surface area contributed by atoms with Crippen LogP contribution < -0.4 is 10.6 Å². The predicted octanol–water partition coefficient (Wildman–Crippen LogP) is 3.65. The zero-order chi connectivity index (χ0) is 15.5. The molecule has 2 atom stereocenters. The van der Waals surface area contributed by atoms with Crippen LogP contribution in [-0.4, -0.2) is 33.8 Å². The lowest BCUT2D eigenvalue weighted by Crippen LogP contribution is -2.24. The first-order valence-corrected chi connectivity index (χ1v) is 8.96. The Bertz CT molecular complexity index is 477. The van der Waals surface area contributed by atoms with Gasteiger partial charge in [0.15, 0.2) is 5.16 Å². The molecule has 1 aliphatic rings. The second-order valence-corrected chi connectivity index (χ2v) is 7.47. The van der Waals surface area contributed by atoms with E-state index in [4.69, 9.17) is 0 Å². The summed E-state index contributed by atoms with van der Waals surface area (Å²) < 4.78 is 0. The zero-order valence-electron chi connectivity index (χ0n) is 13.7. The molecule has 1 aliphatic carbocycles. The van der Waals surface area contributed by atoms with Gasteiger partial charge in [0.2, 0.25) is 11.9 Å². The van der Waals surface area contributed by atoms with Crippen molar-refractivity contribution in [3.8, 4) is 0 Å². The first-order chi connectivity index (χ1) is 9.93. The van der Waals surface area contributed by atoms with E-state index in [2.05, 4.69) is 53.3 Å². The van der Waals surface area contributed by atoms with Crippen LogP contribution in [0, 0.1) is 11.3 Å². The van der Waals surface area contributed by atoms with Crippen molar-refractivity contribution in [2.75, 3.05) is 23.4 Å². The van der Waals surface area contributed by atoms with Crippen molar-refractivity contribution in [1.29, 1.82) is 0 Å². The van der Waals surface area contributed by atoms with Gasteiger partial charge in [0.1, 0.15) is 0 Å². The van der Waals surface area contributed by atoms with Gasteiger partial charge in [0, 0.05) is 12.6 Å². The van der Waals surface area contributed by atoms with Crippen LogP contribution in [0.5, 0.6) is 0 Å². The van der Waals surface area contributed by atoms with Crippen molar-refractivity contribution in [3.63, 3.8) is 0 Å². The zero-order valence-corrected chi connectivity index (χ0v) is 14.5. The summed E-state index contributed by atoms with van der Waals surface area (Å²) in [5, 5.41) is 7.53. The third kappa shape index (κ3) is 4.46. The highest BCUT2D eigenvalue weighted by Gasteiger charge is 2.37. The monoisotopic (exact) mass is 309 g/mol. The van der Waals surface area contributed by atoms with Gasteiger partial charge in [-0.3, -0.25) is 0 Å². The summed E-state index contributed by atoms with van der Waals surface area (Å²) in [6.07, 6.45) is 5.44. The summed E-state index contributed by atoms with van der Waals surface area (Å²) >= 11 is 1.55. The number of rotatable bonds is 6. The maximum Gasteiger partial charge on any atom is 0.228 e. The highest BCUT2D eigenvalue weighted by Crippen LogP contribution is 2.41. The fourth-order valence-corrected chi connectivity index (χ4v) is 3.44. The summed E-state index contributed by atoms with van der Waals surface area (Å²) in [5.41, 5.74) is 0.399. The third-order valence-corrected chi connectivity index (χ3v) is 4.53. The minimum absolute atomic E-state index is 0.399. The van der Waals surface area contributed by atoms with E-state index in [-0.39, 0.29) is 0 Å². The van der Waals surface area contributed by atoms with Crippen LogP contribution in [0.4, 0.5) is 11.9 Å². The normalized spacial score (nSPS) is 24.0. The van der Waals surface area contributed by atoms with Crippen LogP contribution in [0.3, 0.4) is 0 Å². The molecule has 2 unspecified atom stereocenters. The van der Waals surface area contributed by atoms with Gasteiger partial charge in [-0.15, -0.1) is 0 Å². The largest absolute Gasteiger partial charge is 0.354 e. The summed E-state index contributed by atoms with van der Waals surface area (Å²) in [4.78, 5) is 13.4. The topological polar surface area (TPSA) is 62.7 Å². The molecular weight excluding hydrogens is 282 g/mol. The van der Waals surface area contributed by atoms with Crippen molar-refractivity contribution in [3.05, 3.63) is 0 Å². The molecule has 5 nitrogen and oxygen atoms in total. The highest BCUT2D eigenvalue weighted by molar-refractivity contribution is 7.98. The molecule has 2 rings (SSSR count). The van der Waals surface area contributed by atoms with E-state index in [1.165, 1.54) is 6.42 Å². The van der Waals surface area contributed by atoms with Crippen molar-refractivity contribution in [2.24, 2.45) is 11.3 Å². The van der Waals surface area contributed by atoms with Crippen molar-refractivity contribution < 1.29 is 0 Å². The second-order valence-electron chi connectivity index (χ2n) is 6.70. The number of aromatic nitrogens is 3. The second kappa shape index (κ2) is 6.81. The quantitative estimate of drug-likeness (QED) is 0.782. The average Bonchev–Trinajstić information content (AvgIpc) is 2.68. The van der Waals surface area contributed by atoms with E-state index in [0.29, 0.717) is 29.3 Å². The van der Waals surface area contributed by atoms with Gasteiger partial charge in [-0.2, -0.15) is 15.0 Å². The molecule has 0 saturated heterocycles. The first kappa shape index (κ1) is 16.3. The fourth-order valence-electron chi connectivity index (χ4n) is 3.08. The predicted molar refractivity (Wildman–Crippen MR) is 90.0 cm³/mol. The summed E-state index contributed by atoms with van der Waals surface area (Å²) in [6, 6.07) is 0.441. The maximum atomic E-state index is 4.51. The van der Waals surface area contributed by atoms with Crippen LogP contribution >= 0.6 is 11.8 Å². The van der Waals surface area contributed by atoms with Gasteiger partial charge in [-0.05, 0) is 36.9 Å². The lowest BCUT2D eigenvalue weighted by molar-refractivity contribution is 0.366. The van der Waals surface area contributed by atoms with Gasteiger partial charge < -0.3 is 10.6 Å². The molecule has 1 heterocycles. The molecule has 1 aromatic rings. The minimum atomic E-state index is 0.399. The van der Waals surface area contributed by atoms with E-state index in [9.17, 15) is 0 Å². The minimum Gasteiger partial charge on any atom is -0.354 e. The van der Waals surface area contributed by atoms with Gasteiger partial charge in [-0.25, -0.2) is 0 Å². The Morgan fingerprint density at radius 3 is 2.48 bits per heavy atom.